The Morgan fingerprint density at radius 2 is 1.24 bits per heavy atom. The summed E-state index contributed by atoms with van der Waals surface area (Å²) in [5.41, 5.74) is 7.01. The number of nitrogens with one attached hydrogen (secondary N) is 1. The Morgan fingerprint density at radius 3 is 1.68 bits per heavy atom. The van der Waals surface area contributed by atoms with Crippen LogP contribution in [-0.2, 0) is 0 Å². The lowest BCUT2D eigenvalue weighted by Gasteiger charge is -2.11. The summed E-state index contributed by atoms with van der Waals surface area (Å²) in [4.78, 5) is 8.30. The molecule has 2 rings (SSSR count). The minimum Gasteiger partial charge on any atom is -0.378 e. The first-order valence-electron chi connectivity index (χ1n) is 7.87. The lowest BCUT2D eigenvalue weighted by Crippen LogP contribution is -2.12. The Balaban J connectivity index is 1.87. The number of rotatable bonds is 5. The molecule has 6 heteroatoms. The summed E-state index contributed by atoms with van der Waals surface area (Å²) >= 11 is 5.15. The van der Waals surface area contributed by atoms with Crippen molar-refractivity contribution in [3.63, 3.8) is 0 Å². The second kappa shape index (κ2) is 8.94. The molecule has 0 fully saturated rings. The molecule has 25 heavy (non-hydrogen) atoms. The normalized spacial score (nSPS) is 11.0. The zero-order chi connectivity index (χ0) is 18.2. The van der Waals surface area contributed by atoms with Gasteiger partial charge in [-0.1, -0.05) is 24.3 Å². The predicted octanol–water partition coefficient (Wildman–Crippen LogP) is 3.15. The van der Waals surface area contributed by atoms with Gasteiger partial charge in [-0.15, -0.1) is 0 Å². The van der Waals surface area contributed by atoms with Crippen molar-refractivity contribution in [2.24, 2.45) is 10.1 Å². The van der Waals surface area contributed by atoms with Crippen molar-refractivity contribution >= 4 is 41.1 Å². The summed E-state index contributed by atoms with van der Waals surface area (Å²) < 4.78 is 0. The highest BCUT2D eigenvalue weighted by atomic mass is 32.1. The Kier molecular flexibility index (Phi) is 6.65. The second-order valence-electron chi connectivity index (χ2n) is 5.91. The molecule has 0 atom stereocenters. The molecule has 0 spiro atoms. The lowest BCUT2D eigenvalue weighted by molar-refractivity contribution is 1.04. The van der Waals surface area contributed by atoms with Crippen LogP contribution in [0.25, 0.3) is 0 Å². The molecule has 0 aromatic heterocycles. The van der Waals surface area contributed by atoms with Crippen LogP contribution in [0.4, 0.5) is 11.4 Å². The van der Waals surface area contributed by atoms with Crippen LogP contribution in [0.1, 0.15) is 11.1 Å². The van der Waals surface area contributed by atoms with Crippen molar-refractivity contribution < 1.29 is 0 Å². The molecule has 0 saturated carbocycles. The van der Waals surface area contributed by atoms with Crippen LogP contribution < -0.4 is 15.2 Å². The SMILES string of the molecule is CN(C)c1ccc(/C=N/NC(=S)/N=C/c2ccc(N(C)C)cc2)cc1. The number of hydrogen-bond acceptors (Lipinski definition) is 4. The molecule has 5 nitrogen and oxygen atoms in total. The van der Waals surface area contributed by atoms with Gasteiger partial charge in [-0.2, -0.15) is 5.10 Å². The summed E-state index contributed by atoms with van der Waals surface area (Å²) in [6.07, 6.45) is 3.43. The van der Waals surface area contributed by atoms with Crippen LogP contribution in [0, 0.1) is 0 Å². The maximum Gasteiger partial charge on any atom is 0.213 e. The van der Waals surface area contributed by atoms with Crippen molar-refractivity contribution in [2.75, 3.05) is 38.0 Å². The number of hydrazone groups is 1. The van der Waals surface area contributed by atoms with Gasteiger partial charge in [0.05, 0.1) is 6.21 Å². The fourth-order valence-corrected chi connectivity index (χ4v) is 2.15. The van der Waals surface area contributed by atoms with Crippen LogP contribution in [-0.4, -0.2) is 45.7 Å². The number of benzene rings is 2. The highest BCUT2D eigenvalue weighted by molar-refractivity contribution is 7.80. The van der Waals surface area contributed by atoms with Crippen LogP contribution in [0.3, 0.4) is 0 Å². The molecule has 0 aliphatic heterocycles. The van der Waals surface area contributed by atoms with Gasteiger partial charge in [0, 0.05) is 45.8 Å². The van der Waals surface area contributed by atoms with Crippen LogP contribution in [0.5, 0.6) is 0 Å². The van der Waals surface area contributed by atoms with Crippen molar-refractivity contribution in [3.8, 4) is 0 Å². The topological polar surface area (TPSA) is 43.2 Å². The predicted molar refractivity (Wildman–Crippen MR) is 112 cm³/mol. The second-order valence-corrected chi connectivity index (χ2v) is 6.29. The summed E-state index contributed by atoms with van der Waals surface area (Å²) in [6.45, 7) is 0. The van der Waals surface area contributed by atoms with Gasteiger partial charge in [0.15, 0.2) is 0 Å². The standard InChI is InChI=1S/C19H23N5S/c1-23(2)17-9-5-15(6-10-17)13-20-19(25)22-21-14-16-7-11-18(12-8-16)24(3)4/h5-14H,1-4H3,(H,22,25)/b20-13+,21-14+. The summed E-state index contributed by atoms with van der Waals surface area (Å²) in [6, 6.07) is 16.1. The molecule has 0 aliphatic rings. The van der Waals surface area contributed by atoms with E-state index in [9.17, 15) is 0 Å². The molecular formula is C19H23N5S. The molecule has 0 unspecified atom stereocenters. The quantitative estimate of drug-likeness (QED) is 0.509. The fraction of sp³-hybridized carbons (Fsp3) is 0.211. The molecule has 0 amide bonds. The van der Waals surface area contributed by atoms with E-state index in [0.29, 0.717) is 5.11 Å². The van der Waals surface area contributed by atoms with E-state index in [1.54, 1.807) is 12.4 Å². The first-order chi connectivity index (χ1) is 12.0. The third-order valence-electron chi connectivity index (χ3n) is 3.52. The van der Waals surface area contributed by atoms with Gasteiger partial charge in [0.2, 0.25) is 5.11 Å². The highest BCUT2D eigenvalue weighted by Gasteiger charge is 1.96. The zero-order valence-corrected chi connectivity index (χ0v) is 15.8. The van der Waals surface area contributed by atoms with Gasteiger partial charge in [-0.05, 0) is 47.6 Å². The number of anilines is 2. The Hall–Kier alpha value is -2.73. The van der Waals surface area contributed by atoms with Gasteiger partial charge >= 0.3 is 0 Å². The number of hydrogen-bond donors (Lipinski definition) is 1. The zero-order valence-electron chi connectivity index (χ0n) is 15.0. The van der Waals surface area contributed by atoms with E-state index in [0.717, 1.165) is 22.5 Å². The Labute approximate surface area is 154 Å². The van der Waals surface area contributed by atoms with E-state index in [1.165, 1.54) is 0 Å². The first-order valence-corrected chi connectivity index (χ1v) is 8.28. The number of thiocarbonyl (C=S) groups is 1. The molecule has 0 radical (unpaired) electrons. The van der Waals surface area contributed by atoms with Gasteiger partial charge < -0.3 is 9.80 Å². The molecule has 0 heterocycles. The van der Waals surface area contributed by atoms with E-state index in [4.69, 9.17) is 12.2 Å². The lowest BCUT2D eigenvalue weighted by atomic mass is 10.2. The monoisotopic (exact) mass is 353 g/mol. The van der Waals surface area contributed by atoms with E-state index >= 15 is 0 Å². The van der Waals surface area contributed by atoms with E-state index in [-0.39, 0.29) is 0 Å². The minimum atomic E-state index is 0.317. The highest BCUT2D eigenvalue weighted by Crippen LogP contribution is 2.11. The summed E-state index contributed by atoms with van der Waals surface area (Å²) in [7, 11) is 8.03. The summed E-state index contributed by atoms with van der Waals surface area (Å²) in [5.74, 6) is 0. The van der Waals surface area contributed by atoms with E-state index in [2.05, 4.69) is 15.5 Å². The van der Waals surface area contributed by atoms with Crippen LogP contribution in [0.2, 0.25) is 0 Å². The molecule has 0 saturated heterocycles. The average Bonchev–Trinajstić information content (AvgIpc) is 2.60. The van der Waals surface area contributed by atoms with Gasteiger partial charge in [0.25, 0.3) is 0 Å². The van der Waals surface area contributed by atoms with E-state index < -0.39 is 0 Å². The Morgan fingerprint density at radius 1 is 0.800 bits per heavy atom. The molecule has 130 valence electrons. The van der Waals surface area contributed by atoms with Crippen LogP contribution in [0.15, 0.2) is 58.6 Å². The third-order valence-corrected chi connectivity index (χ3v) is 3.72. The Bertz CT molecular complexity index is 746. The molecule has 2 aromatic carbocycles. The maximum atomic E-state index is 5.15. The number of aliphatic imine (C=N–C) groups is 1. The molecule has 0 bridgehead atoms. The third kappa shape index (κ3) is 6.00. The van der Waals surface area contributed by atoms with Crippen molar-refractivity contribution in [3.05, 3.63) is 59.7 Å². The van der Waals surface area contributed by atoms with Crippen molar-refractivity contribution in [1.82, 2.24) is 5.43 Å². The first kappa shape index (κ1) is 18.6. The summed E-state index contributed by atoms with van der Waals surface area (Å²) in [5, 5.41) is 4.43. The molecule has 1 N–H and O–H groups in total. The van der Waals surface area contributed by atoms with Gasteiger partial charge in [-0.3, -0.25) is 5.43 Å². The largest absolute Gasteiger partial charge is 0.378 e. The van der Waals surface area contributed by atoms with Crippen LogP contribution >= 0.6 is 12.2 Å². The van der Waals surface area contributed by atoms with Crippen molar-refractivity contribution in [1.29, 1.82) is 0 Å². The molecule has 0 aliphatic carbocycles. The minimum absolute atomic E-state index is 0.317. The smallest absolute Gasteiger partial charge is 0.213 e. The maximum absolute atomic E-state index is 5.15. The average molecular weight is 353 g/mol. The molecular weight excluding hydrogens is 330 g/mol. The number of nitrogens with zero attached hydrogens (tertiary/aromatic N) is 4. The van der Waals surface area contributed by atoms with Crippen molar-refractivity contribution in [2.45, 2.75) is 0 Å². The fourth-order valence-electron chi connectivity index (χ4n) is 2.04. The van der Waals surface area contributed by atoms with Gasteiger partial charge in [0.1, 0.15) is 0 Å². The van der Waals surface area contributed by atoms with Gasteiger partial charge in [-0.25, -0.2) is 4.99 Å². The van der Waals surface area contributed by atoms with E-state index in [1.807, 2.05) is 86.5 Å². The molecule has 2 aromatic rings.